The fourth-order valence-corrected chi connectivity index (χ4v) is 7.45. The van der Waals surface area contributed by atoms with E-state index in [1.54, 1.807) is 48.5 Å². The summed E-state index contributed by atoms with van der Waals surface area (Å²) in [5.41, 5.74) is 0.539. The molecule has 0 radical (unpaired) electrons. The molecule has 6 atom stereocenters. The molecule has 14 heteroatoms. The summed E-state index contributed by atoms with van der Waals surface area (Å²) in [5.74, 6) is -2.43. The number of fused-ring (bicyclic) bond motifs is 1. The van der Waals surface area contributed by atoms with Gasteiger partial charge in [-0.1, -0.05) is 13.8 Å². The van der Waals surface area contributed by atoms with Crippen LogP contribution < -0.4 is 18.9 Å². The number of hydrogen-bond acceptors (Lipinski definition) is 14. The zero-order valence-electron chi connectivity index (χ0n) is 32.5. The molecule has 2 aliphatic carbocycles. The molecule has 2 saturated carbocycles. The number of esters is 4. The molecule has 2 unspecified atom stereocenters. The minimum absolute atomic E-state index is 0. The lowest BCUT2D eigenvalue weighted by molar-refractivity contribution is -0.203. The van der Waals surface area contributed by atoms with Crippen LogP contribution in [0.15, 0.2) is 97.1 Å². The molecular formula is C45H48O14. The van der Waals surface area contributed by atoms with Gasteiger partial charge in [-0.25, -0.2) is 19.2 Å². The van der Waals surface area contributed by atoms with Crippen LogP contribution in [0.4, 0.5) is 0 Å². The van der Waals surface area contributed by atoms with Crippen LogP contribution in [0.3, 0.4) is 0 Å². The third-order valence-electron chi connectivity index (χ3n) is 10.5. The van der Waals surface area contributed by atoms with Crippen LogP contribution >= 0.6 is 0 Å². The second kappa shape index (κ2) is 18.6. The van der Waals surface area contributed by atoms with Crippen molar-refractivity contribution in [2.45, 2.75) is 81.9 Å². The van der Waals surface area contributed by atoms with Crippen LogP contribution in [0.2, 0.25) is 0 Å². The quantitative estimate of drug-likeness (QED) is 0.106. The van der Waals surface area contributed by atoms with E-state index in [0.717, 1.165) is 19.3 Å². The van der Waals surface area contributed by atoms with Crippen molar-refractivity contribution in [2.75, 3.05) is 28.4 Å². The van der Waals surface area contributed by atoms with Crippen molar-refractivity contribution in [3.8, 4) is 23.0 Å². The van der Waals surface area contributed by atoms with Crippen molar-refractivity contribution < 1.29 is 66.5 Å². The molecule has 14 nitrogen and oxygen atoms in total. The highest BCUT2D eigenvalue weighted by atomic mass is 16.8. The zero-order valence-corrected chi connectivity index (χ0v) is 32.5. The predicted octanol–water partition coefficient (Wildman–Crippen LogP) is 7.02. The molecule has 0 N–H and O–H groups in total. The van der Waals surface area contributed by atoms with Crippen LogP contribution in [0.25, 0.3) is 0 Å². The van der Waals surface area contributed by atoms with Crippen molar-refractivity contribution in [2.24, 2.45) is 0 Å². The Morgan fingerprint density at radius 1 is 0.424 bits per heavy atom. The van der Waals surface area contributed by atoms with Gasteiger partial charge in [0.2, 0.25) is 0 Å². The monoisotopic (exact) mass is 812 g/mol. The smallest absolute Gasteiger partial charge is 0.338 e. The number of rotatable bonds is 12. The predicted molar refractivity (Wildman–Crippen MR) is 211 cm³/mol. The molecule has 1 aliphatic heterocycles. The Labute approximate surface area is 342 Å². The van der Waals surface area contributed by atoms with Gasteiger partial charge in [-0.15, -0.1) is 0 Å². The summed E-state index contributed by atoms with van der Waals surface area (Å²) < 4.78 is 59.5. The maximum Gasteiger partial charge on any atom is 0.338 e. The number of ether oxygens (including phenoxy) is 10. The average molecular weight is 813 g/mol. The Balaban J connectivity index is 0.00000585. The summed E-state index contributed by atoms with van der Waals surface area (Å²) in [5, 5.41) is 0. The van der Waals surface area contributed by atoms with E-state index in [1.165, 1.54) is 77.0 Å². The number of benzene rings is 4. The van der Waals surface area contributed by atoms with Crippen LogP contribution in [0.5, 0.6) is 23.0 Å². The SMILES string of the molecule is C.COc1ccc(C(=O)OC2[C@H](OC(=O)c3ccc(OC)cc3)[C@@H](OC(=O)c3ccc(OC)cc3)C3OC4(CCCCC4)O[C@@H]3[C@H]2OC(=O)c2ccc(OC)cc2)cc1. The van der Waals surface area contributed by atoms with Crippen molar-refractivity contribution in [1.82, 2.24) is 0 Å². The van der Waals surface area contributed by atoms with Crippen LogP contribution in [-0.2, 0) is 28.4 Å². The summed E-state index contributed by atoms with van der Waals surface area (Å²) in [6.45, 7) is 0. The minimum Gasteiger partial charge on any atom is -0.497 e. The number of hydrogen-bond donors (Lipinski definition) is 0. The lowest BCUT2D eigenvalue weighted by Gasteiger charge is -2.44. The van der Waals surface area contributed by atoms with Crippen molar-refractivity contribution in [3.63, 3.8) is 0 Å². The Hall–Kier alpha value is -6.12. The second-order valence-electron chi connectivity index (χ2n) is 14.0. The van der Waals surface area contributed by atoms with Gasteiger partial charge in [-0.3, -0.25) is 0 Å². The van der Waals surface area contributed by atoms with E-state index >= 15 is 0 Å². The zero-order chi connectivity index (χ0) is 40.8. The third kappa shape index (κ3) is 9.29. The van der Waals surface area contributed by atoms with Crippen LogP contribution in [0, 0.1) is 0 Å². The highest BCUT2D eigenvalue weighted by Gasteiger charge is 2.65. The molecule has 0 amide bonds. The normalized spacial score (nSPS) is 22.7. The molecule has 59 heavy (non-hydrogen) atoms. The molecule has 312 valence electrons. The molecule has 1 saturated heterocycles. The maximum atomic E-state index is 14.1. The number of carbonyl (C=O) groups is 4. The van der Waals surface area contributed by atoms with Crippen LogP contribution in [0.1, 0.15) is 81.0 Å². The summed E-state index contributed by atoms with van der Waals surface area (Å²) in [7, 11) is 5.99. The van der Waals surface area contributed by atoms with Gasteiger partial charge >= 0.3 is 23.9 Å². The van der Waals surface area contributed by atoms with E-state index in [2.05, 4.69) is 0 Å². The Bertz CT molecular complexity index is 1910. The van der Waals surface area contributed by atoms with Gasteiger partial charge in [0.05, 0.1) is 50.7 Å². The van der Waals surface area contributed by atoms with E-state index in [4.69, 9.17) is 47.4 Å². The molecule has 0 bridgehead atoms. The average Bonchev–Trinajstić information content (AvgIpc) is 3.63. The van der Waals surface area contributed by atoms with E-state index in [0.29, 0.717) is 35.8 Å². The largest absolute Gasteiger partial charge is 0.497 e. The van der Waals surface area contributed by atoms with E-state index in [1.807, 2.05) is 0 Å². The fraction of sp³-hybridized carbons (Fsp3) is 0.378. The van der Waals surface area contributed by atoms with Crippen molar-refractivity contribution in [1.29, 1.82) is 0 Å². The highest BCUT2D eigenvalue weighted by Crippen LogP contribution is 2.48. The van der Waals surface area contributed by atoms with Crippen LogP contribution in [-0.4, -0.2) is 94.7 Å². The summed E-state index contributed by atoms with van der Waals surface area (Å²) in [6.07, 6.45) is -4.91. The van der Waals surface area contributed by atoms with Crippen molar-refractivity contribution >= 4 is 23.9 Å². The fourth-order valence-electron chi connectivity index (χ4n) is 7.45. The maximum absolute atomic E-state index is 14.1. The minimum atomic E-state index is -1.60. The van der Waals surface area contributed by atoms with Gasteiger partial charge in [0.15, 0.2) is 30.2 Å². The highest BCUT2D eigenvalue weighted by molar-refractivity contribution is 5.92. The summed E-state index contributed by atoms with van der Waals surface area (Å²) in [6, 6.07) is 24.8. The topological polar surface area (TPSA) is 161 Å². The Kier molecular flexibility index (Phi) is 13.4. The third-order valence-corrected chi connectivity index (χ3v) is 10.5. The lowest BCUT2D eigenvalue weighted by atomic mass is 9.84. The molecule has 4 aromatic carbocycles. The molecule has 4 aromatic rings. The first kappa shape index (κ1) is 42.5. The Morgan fingerprint density at radius 3 is 0.932 bits per heavy atom. The molecule has 7 rings (SSSR count). The van der Waals surface area contributed by atoms with Gasteiger partial charge in [0.1, 0.15) is 35.2 Å². The molecular weight excluding hydrogens is 764 g/mol. The molecule has 1 spiro atoms. The first-order chi connectivity index (χ1) is 28.1. The molecule has 3 aliphatic rings. The standard InChI is InChI=1S/C44H44O14.CH4/c1-49-30-16-8-26(9-17-30)40(45)53-34-35(54-41(46)27-10-18-31(50-2)19-11-27)37(56-43(48)29-14-22-33(52-4)23-15-29)39-38(57-44(58-39)24-6-5-7-25-44)36(34)55-42(47)28-12-20-32(51-3)21-13-28;/h8-23,34-39H,5-7,24-25H2,1-4H3;1H4/t34-,35?,36+,37-,38?,39+;/m0./s1. The first-order valence-electron chi connectivity index (χ1n) is 18.9. The number of methoxy groups -OCH3 is 4. The van der Waals surface area contributed by atoms with Gasteiger partial charge in [0.25, 0.3) is 0 Å². The van der Waals surface area contributed by atoms with Gasteiger partial charge in [0, 0.05) is 12.8 Å². The second-order valence-corrected chi connectivity index (χ2v) is 14.0. The van der Waals surface area contributed by atoms with E-state index in [-0.39, 0.29) is 29.7 Å². The molecule has 0 aromatic heterocycles. The van der Waals surface area contributed by atoms with E-state index < -0.39 is 66.3 Å². The molecule has 1 heterocycles. The van der Waals surface area contributed by atoms with Gasteiger partial charge in [-0.05, 0) is 110 Å². The summed E-state index contributed by atoms with van der Waals surface area (Å²) in [4.78, 5) is 56.2. The lowest BCUT2D eigenvalue weighted by Crippen LogP contribution is -2.66. The first-order valence-corrected chi connectivity index (χ1v) is 18.9. The van der Waals surface area contributed by atoms with E-state index in [9.17, 15) is 19.2 Å². The van der Waals surface area contributed by atoms with Crippen molar-refractivity contribution in [3.05, 3.63) is 119 Å². The molecule has 3 fully saturated rings. The Morgan fingerprint density at radius 2 is 0.678 bits per heavy atom. The van der Waals surface area contributed by atoms with Gasteiger partial charge < -0.3 is 47.4 Å². The summed E-state index contributed by atoms with van der Waals surface area (Å²) >= 11 is 0. The van der Waals surface area contributed by atoms with Gasteiger partial charge in [-0.2, -0.15) is 0 Å². The number of carbonyl (C=O) groups excluding carboxylic acids is 4.